The summed E-state index contributed by atoms with van der Waals surface area (Å²) in [6.45, 7) is 11.9. The van der Waals surface area contributed by atoms with E-state index in [4.69, 9.17) is 4.98 Å². The summed E-state index contributed by atoms with van der Waals surface area (Å²) in [6, 6.07) is 0.475. The molecule has 1 aliphatic heterocycles. The lowest BCUT2D eigenvalue weighted by molar-refractivity contribution is 0.422. The summed E-state index contributed by atoms with van der Waals surface area (Å²) in [4.78, 5) is 11.4. The van der Waals surface area contributed by atoms with E-state index >= 15 is 0 Å². The van der Waals surface area contributed by atoms with Crippen molar-refractivity contribution in [2.45, 2.75) is 46.7 Å². The molecule has 0 amide bonds. The first kappa shape index (κ1) is 14.3. The lowest BCUT2D eigenvalue weighted by Gasteiger charge is -2.19. The van der Waals surface area contributed by atoms with E-state index in [2.05, 4.69) is 42.9 Å². The van der Waals surface area contributed by atoms with Gasteiger partial charge in [0.15, 0.2) is 0 Å². The molecule has 1 saturated heterocycles. The second kappa shape index (κ2) is 6.33. The highest BCUT2D eigenvalue weighted by atomic mass is 15.2. The average Bonchev–Trinajstić information content (AvgIpc) is 2.86. The molecule has 0 spiro atoms. The van der Waals surface area contributed by atoms with Gasteiger partial charge in [0.1, 0.15) is 5.82 Å². The monoisotopic (exact) mass is 262 g/mol. The van der Waals surface area contributed by atoms with E-state index in [1.54, 1.807) is 0 Å². The van der Waals surface area contributed by atoms with Crippen molar-refractivity contribution in [3.05, 3.63) is 18.1 Å². The molecule has 19 heavy (non-hydrogen) atoms. The number of hydrogen-bond acceptors (Lipinski definition) is 4. The third-order valence-electron chi connectivity index (χ3n) is 3.85. The van der Waals surface area contributed by atoms with Crippen molar-refractivity contribution >= 4 is 5.82 Å². The van der Waals surface area contributed by atoms with Gasteiger partial charge in [-0.15, -0.1) is 0 Å². The quantitative estimate of drug-likeness (QED) is 0.885. The fraction of sp³-hybridized carbons (Fsp3) is 0.733. The van der Waals surface area contributed by atoms with Gasteiger partial charge in [-0.3, -0.25) is 4.98 Å². The maximum absolute atomic E-state index is 4.72. The Balaban J connectivity index is 1.99. The van der Waals surface area contributed by atoms with E-state index in [0.29, 0.717) is 6.04 Å². The molecular formula is C15H26N4. The maximum atomic E-state index is 4.72. The van der Waals surface area contributed by atoms with Crippen LogP contribution in [0.3, 0.4) is 0 Å². The second-order valence-corrected chi connectivity index (χ2v) is 6.14. The van der Waals surface area contributed by atoms with Gasteiger partial charge in [0.05, 0.1) is 11.9 Å². The highest BCUT2D eigenvalue weighted by molar-refractivity contribution is 5.37. The van der Waals surface area contributed by atoms with Gasteiger partial charge < -0.3 is 10.2 Å². The Morgan fingerprint density at radius 1 is 1.32 bits per heavy atom. The second-order valence-electron chi connectivity index (χ2n) is 6.14. The van der Waals surface area contributed by atoms with Crippen LogP contribution in [0.25, 0.3) is 0 Å². The van der Waals surface area contributed by atoms with Gasteiger partial charge in [0, 0.05) is 31.9 Å². The van der Waals surface area contributed by atoms with Crippen molar-refractivity contribution in [3.8, 4) is 0 Å². The zero-order valence-corrected chi connectivity index (χ0v) is 12.6. The van der Waals surface area contributed by atoms with Gasteiger partial charge in [0.25, 0.3) is 0 Å². The van der Waals surface area contributed by atoms with E-state index in [-0.39, 0.29) is 0 Å². The van der Waals surface area contributed by atoms with Crippen molar-refractivity contribution < 1.29 is 0 Å². The minimum atomic E-state index is 0.475. The van der Waals surface area contributed by atoms with Crippen molar-refractivity contribution in [1.29, 1.82) is 0 Å². The van der Waals surface area contributed by atoms with Gasteiger partial charge in [-0.05, 0) is 18.3 Å². The van der Waals surface area contributed by atoms with Crippen LogP contribution in [0.15, 0.2) is 12.4 Å². The fourth-order valence-electron chi connectivity index (χ4n) is 2.48. The summed E-state index contributed by atoms with van der Waals surface area (Å²) >= 11 is 0. The van der Waals surface area contributed by atoms with Crippen LogP contribution in [0.5, 0.6) is 0 Å². The molecule has 1 atom stereocenters. The lowest BCUT2D eigenvalue weighted by Crippen LogP contribution is -2.25. The topological polar surface area (TPSA) is 41.1 Å². The highest BCUT2D eigenvalue weighted by Crippen LogP contribution is 2.26. The first-order chi connectivity index (χ1) is 9.06. The van der Waals surface area contributed by atoms with Crippen molar-refractivity contribution in [1.82, 2.24) is 15.3 Å². The highest BCUT2D eigenvalue weighted by Gasteiger charge is 2.25. The minimum Gasteiger partial charge on any atom is -0.355 e. The molecule has 1 aromatic rings. The predicted molar refractivity (Wildman–Crippen MR) is 79.2 cm³/mol. The summed E-state index contributed by atoms with van der Waals surface area (Å²) in [5.74, 6) is 2.58. The van der Waals surface area contributed by atoms with Crippen molar-refractivity contribution in [2.75, 3.05) is 18.0 Å². The number of rotatable bonds is 5. The van der Waals surface area contributed by atoms with Crippen molar-refractivity contribution in [2.24, 2.45) is 11.8 Å². The summed E-state index contributed by atoms with van der Waals surface area (Å²) in [7, 11) is 0. The van der Waals surface area contributed by atoms with Gasteiger partial charge in [-0.2, -0.15) is 0 Å². The Morgan fingerprint density at radius 2 is 2.11 bits per heavy atom. The zero-order chi connectivity index (χ0) is 13.8. The third kappa shape index (κ3) is 3.90. The van der Waals surface area contributed by atoms with Crippen LogP contribution in [0.1, 0.15) is 39.8 Å². The Kier molecular flexibility index (Phi) is 4.75. The van der Waals surface area contributed by atoms with Gasteiger partial charge in [-0.1, -0.05) is 27.7 Å². The van der Waals surface area contributed by atoms with Crippen molar-refractivity contribution in [3.63, 3.8) is 0 Å². The van der Waals surface area contributed by atoms with Crippen LogP contribution >= 0.6 is 0 Å². The van der Waals surface area contributed by atoms with Crippen LogP contribution in [0, 0.1) is 11.8 Å². The number of hydrogen-bond donors (Lipinski definition) is 1. The smallest absolute Gasteiger partial charge is 0.147 e. The van der Waals surface area contributed by atoms with E-state index in [1.165, 1.54) is 6.42 Å². The van der Waals surface area contributed by atoms with E-state index in [9.17, 15) is 0 Å². The first-order valence-corrected chi connectivity index (χ1v) is 7.35. The van der Waals surface area contributed by atoms with E-state index < -0.39 is 0 Å². The molecule has 0 aliphatic carbocycles. The molecule has 0 radical (unpaired) electrons. The molecule has 0 bridgehead atoms. The molecule has 4 heteroatoms. The molecule has 0 saturated carbocycles. The summed E-state index contributed by atoms with van der Waals surface area (Å²) < 4.78 is 0. The molecule has 1 fully saturated rings. The summed E-state index contributed by atoms with van der Waals surface area (Å²) in [6.07, 6.45) is 5.02. The van der Waals surface area contributed by atoms with Gasteiger partial charge in [0.2, 0.25) is 0 Å². The first-order valence-electron chi connectivity index (χ1n) is 7.35. The van der Waals surface area contributed by atoms with Crippen LogP contribution in [-0.2, 0) is 6.54 Å². The molecule has 106 valence electrons. The molecule has 4 nitrogen and oxygen atoms in total. The molecule has 1 unspecified atom stereocenters. The number of nitrogens with one attached hydrogen (secondary N) is 1. The standard InChI is InChI=1S/C15H26N4/c1-11(2)13-5-6-19(10-13)15-9-16-7-14(18-15)8-17-12(3)4/h7,9,11-13,17H,5-6,8,10H2,1-4H3. The minimum absolute atomic E-state index is 0.475. The Hall–Kier alpha value is -1.16. The third-order valence-corrected chi connectivity index (χ3v) is 3.85. The van der Waals surface area contributed by atoms with E-state index in [1.807, 2.05) is 12.4 Å². The van der Waals surface area contributed by atoms with Crippen LogP contribution in [0.4, 0.5) is 5.82 Å². The van der Waals surface area contributed by atoms with Crippen LogP contribution < -0.4 is 10.2 Å². The predicted octanol–water partition coefficient (Wildman–Crippen LogP) is 2.46. The molecule has 1 N–H and O–H groups in total. The fourth-order valence-corrected chi connectivity index (χ4v) is 2.48. The lowest BCUT2D eigenvalue weighted by atomic mass is 9.95. The number of aromatic nitrogens is 2. The molecule has 1 aromatic heterocycles. The average molecular weight is 262 g/mol. The Morgan fingerprint density at radius 3 is 2.74 bits per heavy atom. The normalized spacial score (nSPS) is 19.7. The molecule has 2 heterocycles. The molecule has 1 aliphatic rings. The number of nitrogens with zero attached hydrogens (tertiary/aromatic N) is 3. The Bertz CT molecular complexity index is 403. The molecular weight excluding hydrogens is 236 g/mol. The Labute approximate surface area is 116 Å². The summed E-state index contributed by atoms with van der Waals surface area (Å²) in [5, 5.41) is 3.39. The summed E-state index contributed by atoms with van der Waals surface area (Å²) in [5.41, 5.74) is 1.03. The number of anilines is 1. The zero-order valence-electron chi connectivity index (χ0n) is 12.6. The SMILES string of the molecule is CC(C)NCc1cncc(N2CCC(C(C)C)C2)n1. The van der Waals surface area contributed by atoms with E-state index in [0.717, 1.165) is 43.0 Å². The largest absolute Gasteiger partial charge is 0.355 e. The maximum Gasteiger partial charge on any atom is 0.147 e. The molecule has 2 rings (SSSR count). The van der Waals surface area contributed by atoms with Gasteiger partial charge in [-0.25, -0.2) is 4.98 Å². The van der Waals surface area contributed by atoms with Gasteiger partial charge >= 0.3 is 0 Å². The van der Waals surface area contributed by atoms with Crippen LogP contribution in [0.2, 0.25) is 0 Å². The molecule has 0 aromatic carbocycles. The van der Waals surface area contributed by atoms with Crippen LogP contribution in [-0.4, -0.2) is 29.1 Å².